The maximum atomic E-state index is 12.9. The quantitative estimate of drug-likeness (QED) is 0.612. The van der Waals surface area contributed by atoms with Gasteiger partial charge < -0.3 is 14.6 Å². The summed E-state index contributed by atoms with van der Waals surface area (Å²) in [6.07, 6.45) is 0. The Morgan fingerprint density at radius 1 is 1.04 bits per heavy atom. The molecule has 0 radical (unpaired) electrons. The van der Waals surface area contributed by atoms with Crippen LogP contribution < -0.4 is 10.7 Å². The minimum Gasteiger partial charge on any atom is -0.456 e. The smallest absolute Gasteiger partial charge is 0.202 e. The average molecular weight is 379 g/mol. The van der Waals surface area contributed by atoms with Crippen LogP contribution in [0.5, 0.6) is 0 Å². The molecule has 0 unspecified atom stereocenters. The highest BCUT2D eigenvalue weighted by Gasteiger charge is 2.13. The van der Waals surface area contributed by atoms with Crippen LogP contribution in [0, 0.1) is 0 Å². The highest BCUT2D eigenvalue weighted by molar-refractivity contribution is 6.32. The van der Waals surface area contributed by atoms with Crippen molar-refractivity contribution in [3.05, 3.63) is 50.6 Å². The lowest BCUT2D eigenvalue weighted by Crippen LogP contribution is -2.28. The molecule has 3 aromatic rings. The predicted molar refractivity (Wildman–Crippen MR) is 106 cm³/mol. The third kappa shape index (κ3) is 3.76. The number of rotatable bonds is 6. The van der Waals surface area contributed by atoms with Crippen LogP contribution in [0.3, 0.4) is 0 Å². The molecule has 4 nitrogen and oxygen atoms in total. The third-order valence-electron chi connectivity index (χ3n) is 4.34. The largest absolute Gasteiger partial charge is 0.456 e. The zero-order valence-corrected chi connectivity index (χ0v) is 15.7. The fourth-order valence-electron chi connectivity index (χ4n) is 2.95. The monoisotopic (exact) mass is 378 g/mol. The molecular weight excluding hydrogens is 359 g/mol. The number of halogens is 2. The van der Waals surface area contributed by atoms with E-state index in [1.54, 1.807) is 30.3 Å². The summed E-state index contributed by atoms with van der Waals surface area (Å²) in [6, 6.07) is 8.46. The van der Waals surface area contributed by atoms with Crippen LogP contribution in [0.4, 0.5) is 5.69 Å². The molecule has 2 aromatic carbocycles. The SMILES string of the molecule is CCN(CC)CCNc1cc(Cl)cc2oc3cc(Cl)ccc3c(=O)c12. The zero-order valence-electron chi connectivity index (χ0n) is 14.2. The van der Waals surface area contributed by atoms with Gasteiger partial charge in [0.05, 0.1) is 16.5 Å². The van der Waals surface area contributed by atoms with Gasteiger partial charge >= 0.3 is 0 Å². The first-order valence-electron chi connectivity index (χ1n) is 8.35. The summed E-state index contributed by atoms with van der Waals surface area (Å²) in [5, 5.41) is 5.39. The molecule has 1 aromatic heterocycles. The molecule has 0 bridgehead atoms. The molecule has 0 aliphatic carbocycles. The van der Waals surface area contributed by atoms with E-state index in [1.807, 2.05) is 0 Å². The van der Waals surface area contributed by atoms with Crippen LogP contribution in [0.15, 0.2) is 39.5 Å². The molecule has 6 heteroatoms. The molecule has 0 saturated heterocycles. The maximum absolute atomic E-state index is 12.9. The minimum atomic E-state index is -0.0880. The zero-order chi connectivity index (χ0) is 18.0. The number of nitrogens with zero attached hydrogens (tertiary/aromatic N) is 1. The average Bonchev–Trinajstić information content (AvgIpc) is 2.58. The normalized spacial score (nSPS) is 11.6. The Morgan fingerprint density at radius 2 is 1.76 bits per heavy atom. The molecule has 3 rings (SSSR count). The molecule has 0 atom stereocenters. The van der Waals surface area contributed by atoms with Gasteiger partial charge in [0.15, 0.2) is 0 Å². The van der Waals surface area contributed by atoms with Crippen molar-refractivity contribution in [1.29, 1.82) is 0 Å². The number of nitrogens with one attached hydrogen (secondary N) is 1. The number of anilines is 1. The summed E-state index contributed by atoms with van der Waals surface area (Å²) in [7, 11) is 0. The summed E-state index contributed by atoms with van der Waals surface area (Å²) in [5.41, 5.74) is 1.52. The van der Waals surface area contributed by atoms with Crippen molar-refractivity contribution < 1.29 is 4.42 Å². The van der Waals surface area contributed by atoms with Gasteiger partial charge in [-0.1, -0.05) is 37.0 Å². The van der Waals surface area contributed by atoms with Gasteiger partial charge in [-0.15, -0.1) is 0 Å². The lowest BCUT2D eigenvalue weighted by molar-refractivity contribution is 0.316. The number of hydrogen-bond acceptors (Lipinski definition) is 4. The summed E-state index contributed by atoms with van der Waals surface area (Å²) in [6.45, 7) is 7.84. The van der Waals surface area contributed by atoms with Crippen molar-refractivity contribution >= 4 is 50.8 Å². The van der Waals surface area contributed by atoms with E-state index >= 15 is 0 Å². The second-order valence-corrected chi connectivity index (χ2v) is 6.72. The first-order valence-corrected chi connectivity index (χ1v) is 9.11. The lowest BCUT2D eigenvalue weighted by atomic mass is 10.1. The Labute approximate surface area is 156 Å². The highest BCUT2D eigenvalue weighted by Crippen LogP contribution is 2.29. The summed E-state index contributed by atoms with van der Waals surface area (Å²) >= 11 is 12.2. The van der Waals surface area contributed by atoms with Crippen LogP contribution in [0.2, 0.25) is 10.0 Å². The van der Waals surface area contributed by atoms with E-state index in [4.69, 9.17) is 27.6 Å². The Hall–Kier alpha value is -1.75. The van der Waals surface area contributed by atoms with Crippen molar-refractivity contribution in [3.63, 3.8) is 0 Å². The van der Waals surface area contributed by atoms with Crippen molar-refractivity contribution in [2.24, 2.45) is 0 Å². The second-order valence-electron chi connectivity index (χ2n) is 5.85. The Kier molecular flexibility index (Phi) is 5.52. The predicted octanol–water partition coefficient (Wildman–Crippen LogP) is 5.01. The molecule has 0 saturated carbocycles. The van der Waals surface area contributed by atoms with E-state index in [9.17, 15) is 4.79 Å². The fourth-order valence-corrected chi connectivity index (χ4v) is 3.32. The molecule has 132 valence electrons. The van der Waals surface area contributed by atoms with Crippen LogP contribution in [0.25, 0.3) is 21.9 Å². The first-order chi connectivity index (χ1) is 12.0. The molecule has 25 heavy (non-hydrogen) atoms. The van der Waals surface area contributed by atoms with Crippen LogP contribution in [-0.4, -0.2) is 31.1 Å². The first kappa shape index (κ1) is 18.1. The summed E-state index contributed by atoms with van der Waals surface area (Å²) in [5.74, 6) is 0. The molecule has 0 amide bonds. The molecule has 0 aliphatic heterocycles. The van der Waals surface area contributed by atoms with Crippen LogP contribution >= 0.6 is 23.2 Å². The van der Waals surface area contributed by atoms with E-state index in [-0.39, 0.29) is 5.43 Å². The van der Waals surface area contributed by atoms with Gasteiger partial charge in [0, 0.05) is 35.3 Å². The Bertz CT molecular complexity index is 965. The number of fused-ring (bicyclic) bond motifs is 2. The Morgan fingerprint density at radius 3 is 2.48 bits per heavy atom. The van der Waals surface area contributed by atoms with Gasteiger partial charge in [-0.3, -0.25) is 4.79 Å². The van der Waals surface area contributed by atoms with Gasteiger partial charge in [-0.25, -0.2) is 0 Å². The molecule has 1 N–H and O–H groups in total. The second kappa shape index (κ2) is 7.65. The minimum absolute atomic E-state index is 0.0880. The Balaban J connectivity index is 2.06. The molecule has 0 spiro atoms. The molecule has 1 heterocycles. The van der Waals surface area contributed by atoms with Crippen LogP contribution in [0.1, 0.15) is 13.8 Å². The number of benzene rings is 2. The van der Waals surface area contributed by atoms with E-state index in [0.717, 1.165) is 26.2 Å². The number of hydrogen-bond donors (Lipinski definition) is 1. The fraction of sp³-hybridized carbons (Fsp3) is 0.316. The molecule has 0 aliphatic rings. The lowest BCUT2D eigenvalue weighted by Gasteiger charge is -2.19. The van der Waals surface area contributed by atoms with Gasteiger partial charge in [-0.05, 0) is 31.3 Å². The highest BCUT2D eigenvalue weighted by atomic mass is 35.5. The standard InChI is InChI=1S/C19H20Cl2N2O2/c1-3-23(4-2)8-7-22-15-9-13(21)11-17-18(15)19(24)14-6-5-12(20)10-16(14)25-17/h5-6,9-11,22H,3-4,7-8H2,1-2H3. The van der Waals surface area contributed by atoms with E-state index < -0.39 is 0 Å². The van der Waals surface area contributed by atoms with Crippen LogP contribution in [-0.2, 0) is 0 Å². The molecule has 0 fully saturated rings. The summed E-state index contributed by atoms with van der Waals surface area (Å²) < 4.78 is 5.88. The summed E-state index contributed by atoms with van der Waals surface area (Å²) in [4.78, 5) is 15.2. The third-order valence-corrected chi connectivity index (χ3v) is 4.79. The van der Waals surface area contributed by atoms with Crippen molar-refractivity contribution in [2.45, 2.75) is 13.8 Å². The van der Waals surface area contributed by atoms with Gasteiger partial charge in [0.2, 0.25) is 5.43 Å². The van der Waals surface area contributed by atoms with Crippen molar-refractivity contribution in [3.8, 4) is 0 Å². The van der Waals surface area contributed by atoms with E-state index in [0.29, 0.717) is 37.7 Å². The van der Waals surface area contributed by atoms with Gasteiger partial charge in [0.1, 0.15) is 11.2 Å². The van der Waals surface area contributed by atoms with E-state index in [2.05, 4.69) is 24.1 Å². The van der Waals surface area contributed by atoms with Crippen molar-refractivity contribution in [1.82, 2.24) is 4.90 Å². The van der Waals surface area contributed by atoms with Gasteiger partial charge in [-0.2, -0.15) is 0 Å². The topological polar surface area (TPSA) is 45.5 Å². The van der Waals surface area contributed by atoms with Gasteiger partial charge in [0.25, 0.3) is 0 Å². The molecular formula is C19H20Cl2N2O2. The maximum Gasteiger partial charge on any atom is 0.202 e. The number of likely N-dealkylation sites (N-methyl/N-ethyl adjacent to an activating group) is 1. The van der Waals surface area contributed by atoms with E-state index in [1.165, 1.54) is 0 Å². The van der Waals surface area contributed by atoms with Crippen molar-refractivity contribution in [2.75, 3.05) is 31.5 Å².